The Hall–Kier alpha value is -7.14. The van der Waals surface area contributed by atoms with Crippen molar-refractivity contribution < 1.29 is 28.4 Å². The number of para-hydroxylation sites is 2. The van der Waals surface area contributed by atoms with Gasteiger partial charge in [0.15, 0.2) is 0 Å². The van der Waals surface area contributed by atoms with Crippen LogP contribution >= 0.6 is 0 Å². The second kappa shape index (κ2) is 31.9. The smallest absolute Gasteiger partial charge is 0.127 e. The van der Waals surface area contributed by atoms with Crippen LogP contribution in [0.2, 0.25) is 0 Å². The summed E-state index contributed by atoms with van der Waals surface area (Å²) in [5.74, 6) is 3.16. The molecule has 4 aliphatic rings. The normalized spacial score (nSPS) is 14.4. The van der Waals surface area contributed by atoms with E-state index in [0.717, 1.165) is 152 Å². The van der Waals surface area contributed by atoms with Gasteiger partial charge in [0.1, 0.15) is 49.4 Å². The van der Waals surface area contributed by atoms with Gasteiger partial charge in [0.2, 0.25) is 0 Å². The second-order valence-corrected chi connectivity index (χ2v) is 24.4. The van der Waals surface area contributed by atoms with Crippen LogP contribution in [0, 0.1) is 13.8 Å². The van der Waals surface area contributed by atoms with Crippen molar-refractivity contribution in [2.75, 3.05) is 52.9 Å². The number of aromatic nitrogens is 4. The highest BCUT2D eigenvalue weighted by Gasteiger charge is 2.29. The minimum absolute atomic E-state index is 0.361. The number of fused-ring (bicyclic) bond motifs is 12. The fourth-order valence-corrected chi connectivity index (χ4v) is 13.4. The molecule has 88 heavy (non-hydrogen) atoms. The number of H-pyrrole nitrogens is 2. The lowest BCUT2D eigenvalue weighted by Crippen LogP contribution is -2.13. The Bertz CT molecular complexity index is 3490. The highest BCUT2D eigenvalue weighted by molar-refractivity contribution is 6.04. The van der Waals surface area contributed by atoms with Crippen LogP contribution in [-0.2, 0) is 22.3 Å². The van der Waals surface area contributed by atoms with Gasteiger partial charge in [-0.2, -0.15) is 0 Å². The molecule has 7 aromatic rings. The van der Waals surface area contributed by atoms with Crippen molar-refractivity contribution in [3.8, 4) is 45.3 Å². The van der Waals surface area contributed by atoms with E-state index in [4.69, 9.17) is 38.4 Å². The first kappa shape index (κ1) is 63.9. The molecule has 10 nitrogen and oxygen atoms in total. The third kappa shape index (κ3) is 14.9. The quantitative estimate of drug-likeness (QED) is 0.0573. The molecule has 10 heteroatoms. The maximum atomic E-state index is 6.91. The van der Waals surface area contributed by atoms with Crippen LogP contribution in [0.25, 0.3) is 77.4 Å². The molecule has 3 aromatic heterocycles. The molecular formula is C78H98N4O6. The minimum Gasteiger partial charge on any atom is -0.491 e. The molecule has 0 saturated carbocycles. The van der Waals surface area contributed by atoms with Crippen molar-refractivity contribution in [1.82, 2.24) is 19.9 Å². The van der Waals surface area contributed by atoms with E-state index in [1.165, 1.54) is 122 Å². The number of benzene rings is 4. The van der Waals surface area contributed by atoms with Gasteiger partial charge in [-0.1, -0.05) is 165 Å². The van der Waals surface area contributed by atoms with Gasteiger partial charge in [0, 0.05) is 44.1 Å². The van der Waals surface area contributed by atoms with Gasteiger partial charge in [0.05, 0.1) is 60.2 Å². The van der Waals surface area contributed by atoms with E-state index in [-0.39, 0.29) is 0 Å². The van der Waals surface area contributed by atoms with Gasteiger partial charge in [-0.25, -0.2) is 9.97 Å². The number of unbranched alkanes of at least 4 members (excludes halogenated alkanes) is 12. The maximum Gasteiger partial charge on any atom is 0.127 e. The zero-order valence-electron chi connectivity index (χ0n) is 54.4. The third-order valence-corrected chi connectivity index (χ3v) is 18.3. The summed E-state index contributed by atoms with van der Waals surface area (Å²) in [5.41, 5.74) is 22.7. The molecule has 0 fully saturated rings. The van der Waals surface area contributed by atoms with E-state index in [1.807, 2.05) is 24.3 Å². The van der Waals surface area contributed by atoms with Crippen molar-refractivity contribution in [2.45, 2.75) is 184 Å². The number of nitrogens with zero attached hydrogens (tertiary/aromatic N) is 2. The number of ether oxygens (including phenoxy) is 6. The molecular weight excluding hydrogens is 1090 g/mol. The minimum atomic E-state index is 0.361. The standard InChI is InChI=1S/C78H98N4O6/c1-9-13-17-21-31-57-53(5)75-73-63-35-25-27-39-71(63)87-49-45-83-43-47-85-69-41-29-38-62-61(69)37-30-42-70(62)86-48-44-84-46-50-88-72-40-28-26-36-64(72)74(77-54(6)58(32-22-18-14-10-2)66(80-77)51-65(57)79-75)78-56(8)60(34-24-20-16-12-4)68(82-78)52-67-59(33-23-19-15-11-3)55(7)76(73)81-67/h25-30,35-42,51-52,79,82H,9-24,31-34,43-50H2,1-8H3. The molecule has 14 bridgehead atoms. The first-order valence-corrected chi connectivity index (χ1v) is 33.8. The van der Waals surface area contributed by atoms with Crippen molar-refractivity contribution >= 4 is 55.1 Å². The highest BCUT2D eigenvalue weighted by atomic mass is 16.6. The van der Waals surface area contributed by atoms with Crippen molar-refractivity contribution in [2.24, 2.45) is 0 Å². The summed E-state index contributed by atoms with van der Waals surface area (Å²) in [6.07, 6.45) is 22.3. The summed E-state index contributed by atoms with van der Waals surface area (Å²) < 4.78 is 39.1. The molecule has 0 saturated heterocycles. The van der Waals surface area contributed by atoms with Gasteiger partial charge < -0.3 is 38.4 Å². The second-order valence-electron chi connectivity index (χ2n) is 24.4. The van der Waals surface area contributed by atoms with E-state index in [1.54, 1.807) is 0 Å². The largest absolute Gasteiger partial charge is 0.491 e. The number of rotatable bonds is 20. The molecule has 4 aliphatic heterocycles. The van der Waals surface area contributed by atoms with Crippen molar-refractivity contribution in [3.63, 3.8) is 0 Å². The third-order valence-electron chi connectivity index (χ3n) is 18.3. The molecule has 0 radical (unpaired) electrons. The summed E-state index contributed by atoms with van der Waals surface area (Å²) in [6, 6.07) is 34.1. The lowest BCUT2D eigenvalue weighted by Gasteiger charge is -2.15. The SMILES string of the molecule is CCCCCCC1=C(C)c2nc1cc1[nH]c(c(C)c1CCCCCC)c1c3nc(cc4[nH]c(c(C)c4CCCCCC)c2-c2ccccc2OCCOCCOc2cccc4c(cccc24)OCCOCCOc2ccccc2-1)C(CCCCCC)=C3C. The summed E-state index contributed by atoms with van der Waals surface area (Å²) in [7, 11) is 0. The van der Waals surface area contributed by atoms with Crippen LogP contribution in [0.5, 0.6) is 23.0 Å². The lowest BCUT2D eigenvalue weighted by molar-refractivity contribution is 0.0766. The zero-order valence-corrected chi connectivity index (χ0v) is 54.4. The lowest BCUT2D eigenvalue weighted by atomic mass is 9.93. The summed E-state index contributed by atoms with van der Waals surface area (Å²) in [4.78, 5) is 20.3. The fraction of sp³-hybridized carbons (Fsp3) is 0.462. The van der Waals surface area contributed by atoms with Gasteiger partial charge in [0.25, 0.3) is 0 Å². The highest BCUT2D eigenvalue weighted by Crippen LogP contribution is 2.47. The van der Waals surface area contributed by atoms with E-state index in [0.29, 0.717) is 52.9 Å². The average molecular weight is 1190 g/mol. The predicted molar refractivity (Wildman–Crippen MR) is 367 cm³/mol. The van der Waals surface area contributed by atoms with Crippen LogP contribution in [0.4, 0.5) is 0 Å². The molecule has 0 unspecified atom stereocenters. The molecule has 0 spiro atoms. The van der Waals surface area contributed by atoms with Crippen LogP contribution < -0.4 is 18.9 Å². The first-order chi connectivity index (χ1) is 43.2. The molecule has 2 N–H and O–H groups in total. The Morgan fingerprint density at radius 2 is 0.727 bits per heavy atom. The molecule has 466 valence electrons. The Kier molecular flexibility index (Phi) is 23.1. The Balaban J connectivity index is 1.26. The van der Waals surface area contributed by atoms with Crippen LogP contribution in [-0.4, -0.2) is 72.8 Å². The molecule has 11 rings (SSSR count). The number of nitrogens with one attached hydrogen (secondary N) is 2. The van der Waals surface area contributed by atoms with Crippen molar-refractivity contribution in [3.05, 3.63) is 142 Å². The monoisotopic (exact) mass is 1190 g/mol. The summed E-state index contributed by atoms with van der Waals surface area (Å²) >= 11 is 0. The summed E-state index contributed by atoms with van der Waals surface area (Å²) in [5, 5.41) is 1.97. The van der Waals surface area contributed by atoms with Gasteiger partial charge >= 0.3 is 0 Å². The van der Waals surface area contributed by atoms with E-state index in [2.05, 4.69) is 138 Å². The van der Waals surface area contributed by atoms with E-state index >= 15 is 0 Å². The number of hydrogen-bond donors (Lipinski definition) is 2. The van der Waals surface area contributed by atoms with Gasteiger partial charge in [-0.05, 0) is 160 Å². The molecule has 4 aromatic carbocycles. The molecule has 0 atom stereocenters. The van der Waals surface area contributed by atoms with E-state index < -0.39 is 0 Å². The zero-order chi connectivity index (χ0) is 61.2. The van der Waals surface area contributed by atoms with Crippen molar-refractivity contribution in [1.29, 1.82) is 0 Å². The Morgan fingerprint density at radius 1 is 0.375 bits per heavy atom. The first-order valence-electron chi connectivity index (χ1n) is 33.8. The predicted octanol–water partition coefficient (Wildman–Crippen LogP) is 20.7. The number of aryl methyl sites for hydroxylation is 4. The number of allylic oxidation sites excluding steroid dienone is 4. The van der Waals surface area contributed by atoms with Gasteiger partial charge in [-0.3, -0.25) is 0 Å². The average Bonchev–Trinajstić information content (AvgIpc) is 2.04. The fourth-order valence-electron chi connectivity index (χ4n) is 13.4. The van der Waals surface area contributed by atoms with Crippen LogP contribution in [0.3, 0.4) is 0 Å². The van der Waals surface area contributed by atoms with Crippen LogP contribution in [0.15, 0.2) is 97.1 Å². The number of hydrogen-bond acceptors (Lipinski definition) is 8. The molecule has 0 aliphatic carbocycles. The molecule has 7 heterocycles. The summed E-state index contributed by atoms with van der Waals surface area (Å²) in [6.45, 7) is 21.6. The van der Waals surface area contributed by atoms with Crippen LogP contribution in [0.1, 0.15) is 202 Å². The Labute approximate surface area is 524 Å². The van der Waals surface area contributed by atoms with Gasteiger partial charge in [-0.15, -0.1) is 0 Å². The molecule has 0 amide bonds. The Morgan fingerprint density at radius 3 is 1.11 bits per heavy atom. The maximum absolute atomic E-state index is 6.91. The van der Waals surface area contributed by atoms with E-state index in [9.17, 15) is 0 Å². The number of aromatic amines is 2. The topological polar surface area (TPSA) is 113 Å².